The van der Waals surface area contributed by atoms with Crippen molar-refractivity contribution < 1.29 is 9.53 Å². The molecule has 0 fully saturated rings. The number of hydrogen-bond donors (Lipinski definition) is 1. The Bertz CT molecular complexity index is 820. The molecule has 0 aliphatic heterocycles. The van der Waals surface area contributed by atoms with Crippen LogP contribution in [0.3, 0.4) is 0 Å². The fourth-order valence-electron chi connectivity index (χ4n) is 2.68. The first-order valence-corrected chi connectivity index (χ1v) is 8.72. The van der Waals surface area contributed by atoms with Gasteiger partial charge in [0.05, 0.1) is 0 Å². The Morgan fingerprint density at radius 3 is 2.50 bits per heavy atom. The zero-order valence-electron chi connectivity index (χ0n) is 14.6. The molecule has 3 aromatic rings. The van der Waals surface area contributed by atoms with Crippen molar-refractivity contribution in [2.45, 2.75) is 12.8 Å². The lowest BCUT2D eigenvalue weighted by Crippen LogP contribution is -2.30. The molecule has 1 heterocycles. The molecule has 1 N–H and O–H groups in total. The van der Waals surface area contributed by atoms with Gasteiger partial charge in [0, 0.05) is 31.3 Å². The zero-order chi connectivity index (χ0) is 18.0. The summed E-state index contributed by atoms with van der Waals surface area (Å²) < 4.78 is 5.75. The monoisotopic (exact) mass is 346 g/mol. The van der Waals surface area contributed by atoms with E-state index < -0.39 is 0 Å². The summed E-state index contributed by atoms with van der Waals surface area (Å²) in [6, 6.07) is 23.8. The minimum absolute atomic E-state index is 0.00796. The van der Waals surface area contributed by atoms with Gasteiger partial charge in [0.2, 0.25) is 0 Å². The number of ether oxygens (including phenoxy) is 1. The van der Waals surface area contributed by atoms with Crippen molar-refractivity contribution in [3.63, 3.8) is 0 Å². The van der Waals surface area contributed by atoms with Crippen LogP contribution in [0.5, 0.6) is 5.75 Å². The molecule has 2 aromatic carbocycles. The van der Waals surface area contributed by atoms with E-state index in [2.05, 4.69) is 22.4 Å². The van der Waals surface area contributed by atoms with E-state index in [9.17, 15) is 4.79 Å². The summed E-state index contributed by atoms with van der Waals surface area (Å²) >= 11 is 0. The van der Waals surface area contributed by atoms with Gasteiger partial charge in [-0.1, -0.05) is 54.6 Å². The van der Waals surface area contributed by atoms with Gasteiger partial charge < -0.3 is 10.1 Å². The lowest BCUT2D eigenvalue weighted by Gasteiger charge is -2.12. The molecular weight excluding hydrogens is 324 g/mol. The van der Waals surface area contributed by atoms with E-state index in [1.54, 1.807) is 6.20 Å². The van der Waals surface area contributed by atoms with Crippen LogP contribution in [0, 0.1) is 0 Å². The van der Waals surface area contributed by atoms with Gasteiger partial charge in [-0.15, -0.1) is 0 Å². The molecule has 132 valence electrons. The number of nitrogens with one attached hydrogen (secondary N) is 1. The molecule has 0 spiro atoms. The molecule has 0 atom stereocenters. The van der Waals surface area contributed by atoms with Crippen LogP contribution in [-0.2, 0) is 17.6 Å². The maximum Gasteiger partial charge on any atom is 0.257 e. The van der Waals surface area contributed by atoms with Crippen LogP contribution in [0.1, 0.15) is 16.8 Å². The summed E-state index contributed by atoms with van der Waals surface area (Å²) in [6.07, 6.45) is 3.24. The Morgan fingerprint density at radius 1 is 0.923 bits per heavy atom. The Kier molecular flexibility index (Phi) is 6.37. The zero-order valence-corrected chi connectivity index (χ0v) is 14.6. The lowest BCUT2D eigenvalue weighted by atomic mass is 10.0. The molecule has 4 nitrogen and oxygen atoms in total. The molecule has 26 heavy (non-hydrogen) atoms. The van der Waals surface area contributed by atoms with Crippen molar-refractivity contribution in [1.29, 1.82) is 0 Å². The van der Waals surface area contributed by atoms with E-state index in [-0.39, 0.29) is 12.5 Å². The maximum absolute atomic E-state index is 12.0. The third-order valence-electron chi connectivity index (χ3n) is 4.00. The second kappa shape index (κ2) is 9.37. The first-order chi connectivity index (χ1) is 12.8. The number of aromatic nitrogens is 1. The van der Waals surface area contributed by atoms with E-state index in [1.165, 1.54) is 5.56 Å². The molecule has 0 bridgehead atoms. The van der Waals surface area contributed by atoms with Crippen LogP contribution in [0.25, 0.3) is 0 Å². The number of para-hydroxylation sites is 1. The molecule has 0 aliphatic carbocycles. The van der Waals surface area contributed by atoms with E-state index >= 15 is 0 Å². The maximum atomic E-state index is 12.0. The summed E-state index contributed by atoms with van der Waals surface area (Å²) in [5.41, 5.74) is 3.24. The molecule has 0 unspecified atom stereocenters. The molecule has 0 aliphatic rings. The van der Waals surface area contributed by atoms with E-state index in [4.69, 9.17) is 4.74 Å². The second-order valence-corrected chi connectivity index (χ2v) is 5.98. The molecule has 3 rings (SSSR count). The molecular formula is C22H22N2O2. The fraction of sp³-hybridized carbons (Fsp3) is 0.182. The predicted octanol–water partition coefficient (Wildman–Crippen LogP) is 3.41. The molecule has 1 aromatic heterocycles. The smallest absolute Gasteiger partial charge is 0.257 e. The number of carbonyl (C=O) groups is 1. The topological polar surface area (TPSA) is 51.2 Å². The number of benzene rings is 2. The third-order valence-corrected chi connectivity index (χ3v) is 4.00. The van der Waals surface area contributed by atoms with Gasteiger partial charge in [0.25, 0.3) is 5.91 Å². The first-order valence-electron chi connectivity index (χ1n) is 8.72. The van der Waals surface area contributed by atoms with Crippen molar-refractivity contribution >= 4 is 5.91 Å². The molecule has 4 heteroatoms. The normalized spacial score (nSPS) is 10.3. The summed E-state index contributed by atoms with van der Waals surface area (Å²) in [5, 5.41) is 2.87. The van der Waals surface area contributed by atoms with Crippen molar-refractivity contribution in [2.75, 3.05) is 13.2 Å². The van der Waals surface area contributed by atoms with Crippen molar-refractivity contribution in [3.05, 3.63) is 95.8 Å². The highest BCUT2D eigenvalue weighted by Gasteiger charge is 2.07. The van der Waals surface area contributed by atoms with Gasteiger partial charge in [-0.05, 0) is 29.3 Å². The van der Waals surface area contributed by atoms with Crippen LogP contribution < -0.4 is 10.1 Å². The van der Waals surface area contributed by atoms with Crippen LogP contribution in [-0.4, -0.2) is 24.0 Å². The van der Waals surface area contributed by atoms with Crippen molar-refractivity contribution in [1.82, 2.24) is 10.3 Å². The van der Waals surface area contributed by atoms with Crippen LogP contribution in [0.2, 0.25) is 0 Å². The van der Waals surface area contributed by atoms with Gasteiger partial charge in [-0.2, -0.15) is 0 Å². The number of amides is 1. The standard InChI is InChI=1S/C22H22N2O2/c25-22(24-15-13-20-11-6-7-14-23-20)17-26-21-12-5-4-10-19(21)16-18-8-2-1-3-9-18/h1-12,14H,13,15-17H2,(H,24,25). The first kappa shape index (κ1) is 17.7. The van der Waals surface area contributed by atoms with Crippen molar-refractivity contribution in [3.8, 4) is 5.75 Å². The Labute approximate surface area is 153 Å². The lowest BCUT2D eigenvalue weighted by molar-refractivity contribution is -0.123. The van der Waals surface area contributed by atoms with Crippen LogP contribution in [0.15, 0.2) is 79.0 Å². The quantitative estimate of drug-likeness (QED) is 0.680. The fourth-order valence-corrected chi connectivity index (χ4v) is 2.68. The van der Waals surface area contributed by atoms with Gasteiger partial charge in [-0.25, -0.2) is 0 Å². The number of pyridine rings is 1. The van der Waals surface area contributed by atoms with Crippen LogP contribution in [0.4, 0.5) is 0 Å². The molecule has 0 saturated heterocycles. The summed E-state index contributed by atoms with van der Waals surface area (Å²) in [6.45, 7) is 0.554. The predicted molar refractivity (Wildman–Crippen MR) is 102 cm³/mol. The van der Waals surface area contributed by atoms with Gasteiger partial charge in [0.1, 0.15) is 5.75 Å². The number of rotatable bonds is 8. The highest BCUT2D eigenvalue weighted by atomic mass is 16.5. The SMILES string of the molecule is O=C(COc1ccccc1Cc1ccccc1)NCCc1ccccn1. The van der Waals surface area contributed by atoms with E-state index in [0.717, 1.165) is 23.4 Å². The Balaban J connectivity index is 1.49. The minimum atomic E-state index is -0.129. The minimum Gasteiger partial charge on any atom is -0.483 e. The third kappa shape index (κ3) is 5.45. The summed E-state index contributed by atoms with van der Waals surface area (Å²) in [7, 11) is 0. The highest BCUT2D eigenvalue weighted by molar-refractivity contribution is 5.77. The molecule has 0 saturated carbocycles. The summed E-state index contributed by atoms with van der Waals surface area (Å²) in [5.74, 6) is 0.617. The molecule has 1 amide bonds. The van der Waals surface area contributed by atoms with Gasteiger partial charge in [0.15, 0.2) is 6.61 Å². The van der Waals surface area contributed by atoms with Gasteiger partial charge in [-0.3, -0.25) is 9.78 Å². The second-order valence-electron chi connectivity index (χ2n) is 5.98. The largest absolute Gasteiger partial charge is 0.483 e. The van der Waals surface area contributed by atoms with E-state index in [1.807, 2.05) is 60.7 Å². The van der Waals surface area contributed by atoms with E-state index in [0.29, 0.717) is 13.0 Å². The van der Waals surface area contributed by atoms with Gasteiger partial charge >= 0.3 is 0 Å². The number of hydrogen-bond acceptors (Lipinski definition) is 3. The number of carbonyl (C=O) groups excluding carboxylic acids is 1. The Hall–Kier alpha value is -3.14. The Morgan fingerprint density at radius 2 is 1.69 bits per heavy atom. The average Bonchev–Trinajstić information content (AvgIpc) is 2.69. The number of nitrogens with zero attached hydrogens (tertiary/aromatic N) is 1. The average molecular weight is 346 g/mol. The van der Waals surface area contributed by atoms with Crippen LogP contribution >= 0.6 is 0 Å². The molecule has 0 radical (unpaired) electrons. The summed E-state index contributed by atoms with van der Waals surface area (Å²) in [4.78, 5) is 16.3. The van der Waals surface area contributed by atoms with Crippen molar-refractivity contribution in [2.24, 2.45) is 0 Å². The highest BCUT2D eigenvalue weighted by Crippen LogP contribution is 2.21.